The lowest BCUT2D eigenvalue weighted by molar-refractivity contribution is -0.142. The number of nitrogen functional groups attached to an aromatic ring is 1. The molecule has 0 spiro atoms. The molecule has 1 saturated heterocycles. The molecule has 7 heteroatoms. The van der Waals surface area contributed by atoms with Crippen molar-refractivity contribution in [2.75, 3.05) is 12.3 Å². The number of carboxylic acid groups (broad SMARTS) is 1. The second kappa shape index (κ2) is 5.72. The SMILES string of the molecule is Nc1nc(CN2CCCC2C(=O)O)nc2sc3c(c12)CCCC3. The smallest absolute Gasteiger partial charge is 0.320 e. The predicted octanol–water partition coefficient (Wildman–Crippen LogP) is 2.20. The van der Waals surface area contributed by atoms with Crippen LogP contribution in [0.5, 0.6) is 0 Å². The number of thiophene rings is 1. The molecule has 1 fully saturated rings. The summed E-state index contributed by atoms with van der Waals surface area (Å²) >= 11 is 1.73. The molecule has 0 radical (unpaired) electrons. The molecular weight excluding hydrogens is 312 g/mol. The molecule has 23 heavy (non-hydrogen) atoms. The van der Waals surface area contributed by atoms with E-state index >= 15 is 0 Å². The summed E-state index contributed by atoms with van der Waals surface area (Å²) in [5.74, 6) is 0.431. The van der Waals surface area contributed by atoms with Gasteiger partial charge in [-0.15, -0.1) is 11.3 Å². The van der Waals surface area contributed by atoms with Gasteiger partial charge in [-0.2, -0.15) is 0 Å². The zero-order valence-electron chi connectivity index (χ0n) is 12.9. The van der Waals surface area contributed by atoms with E-state index in [4.69, 9.17) is 10.7 Å². The van der Waals surface area contributed by atoms with Gasteiger partial charge in [-0.05, 0) is 50.6 Å². The van der Waals surface area contributed by atoms with Gasteiger partial charge in [-0.3, -0.25) is 9.69 Å². The first-order valence-corrected chi connectivity index (χ1v) is 8.98. The molecule has 122 valence electrons. The molecule has 0 saturated carbocycles. The van der Waals surface area contributed by atoms with Gasteiger partial charge >= 0.3 is 5.97 Å². The molecule has 3 heterocycles. The number of nitrogens with zero attached hydrogens (tertiary/aromatic N) is 3. The third kappa shape index (κ3) is 2.57. The van der Waals surface area contributed by atoms with Crippen molar-refractivity contribution in [3.05, 3.63) is 16.3 Å². The minimum atomic E-state index is -0.761. The number of hydrogen-bond donors (Lipinski definition) is 2. The maximum Gasteiger partial charge on any atom is 0.320 e. The van der Waals surface area contributed by atoms with Crippen molar-refractivity contribution >= 4 is 33.3 Å². The standard InChI is InChI=1S/C16H20N4O2S/c17-14-13-9-4-1-2-6-11(9)23-15(13)19-12(18-14)8-20-7-3-5-10(20)16(21)22/h10H,1-8H2,(H,21,22)(H2,17,18,19). The Kier molecular flexibility index (Phi) is 3.69. The lowest BCUT2D eigenvalue weighted by atomic mass is 9.97. The molecule has 2 aromatic rings. The quantitative estimate of drug-likeness (QED) is 0.895. The van der Waals surface area contributed by atoms with Crippen LogP contribution in [-0.2, 0) is 24.2 Å². The van der Waals surface area contributed by atoms with Crippen LogP contribution in [0.1, 0.15) is 41.9 Å². The Hall–Kier alpha value is -1.73. The normalized spacial score (nSPS) is 21.7. The van der Waals surface area contributed by atoms with Gasteiger partial charge in [-0.25, -0.2) is 9.97 Å². The van der Waals surface area contributed by atoms with Crippen molar-refractivity contribution in [3.8, 4) is 0 Å². The highest BCUT2D eigenvalue weighted by Gasteiger charge is 2.31. The maximum atomic E-state index is 11.3. The number of aryl methyl sites for hydroxylation is 2. The molecule has 3 N–H and O–H groups in total. The minimum Gasteiger partial charge on any atom is -0.480 e. The summed E-state index contributed by atoms with van der Waals surface area (Å²) in [4.78, 5) is 24.8. The number of fused-ring (bicyclic) bond motifs is 3. The summed E-state index contributed by atoms with van der Waals surface area (Å²) in [7, 11) is 0. The highest BCUT2D eigenvalue weighted by atomic mass is 32.1. The van der Waals surface area contributed by atoms with Gasteiger partial charge in [0.2, 0.25) is 0 Å². The first-order valence-electron chi connectivity index (χ1n) is 8.17. The van der Waals surface area contributed by atoms with Crippen LogP contribution in [0.2, 0.25) is 0 Å². The Morgan fingerprint density at radius 1 is 1.30 bits per heavy atom. The number of rotatable bonds is 3. The summed E-state index contributed by atoms with van der Waals surface area (Å²) in [6.07, 6.45) is 6.21. The lowest BCUT2D eigenvalue weighted by Crippen LogP contribution is -2.35. The average Bonchev–Trinajstić information content (AvgIpc) is 3.10. The Morgan fingerprint density at radius 3 is 2.96 bits per heavy atom. The zero-order valence-corrected chi connectivity index (χ0v) is 13.7. The van der Waals surface area contributed by atoms with Crippen molar-refractivity contribution in [2.24, 2.45) is 0 Å². The molecule has 0 amide bonds. The molecule has 0 bridgehead atoms. The van der Waals surface area contributed by atoms with Crippen LogP contribution in [-0.4, -0.2) is 38.5 Å². The van der Waals surface area contributed by atoms with E-state index in [1.54, 1.807) is 11.3 Å². The molecule has 2 aliphatic rings. The largest absolute Gasteiger partial charge is 0.480 e. The number of aromatic nitrogens is 2. The van der Waals surface area contributed by atoms with E-state index in [0.29, 0.717) is 24.6 Å². The van der Waals surface area contributed by atoms with Crippen molar-refractivity contribution in [1.29, 1.82) is 0 Å². The molecular formula is C16H20N4O2S. The van der Waals surface area contributed by atoms with E-state index in [0.717, 1.165) is 36.0 Å². The van der Waals surface area contributed by atoms with Gasteiger partial charge in [0.1, 0.15) is 22.5 Å². The van der Waals surface area contributed by atoms with Crippen LogP contribution >= 0.6 is 11.3 Å². The molecule has 6 nitrogen and oxygen atoms in total. The van der Waals surface area contributed by atoms with Crippen LogP contribution in [0.4, 0.5) is 5.82 Å². The Labute approximate surface area is 138 Å². The van der Waals surface area contributed by atoms with Crippen LogP contribution in [0.25, 0.3) is 10.2 Å². The first-order chi connectivity index (χ1) is 11.1. The fourth-order valence-electron chi connectivity index (χ4n) is 3.78. The summed E-state index contributed by atoms with van der Waals surface area (Å²) in [5.41, 5.74) is 7.55. The second-order valence-corrected chi connectivity index (χ2v) is 7.47. The summed E-state index contributed by atoms with van der Waals surface area (Å²) in [6, 6.07) is -0.424. The number of anilines is 1. The van der Waals surface area contributed by atoms with Gasteiger partial charge in [0, 0.05) is 4.88 Å². The predicted molar refractivity (Wildman–Crippen MR) is 89.5 cm³/mol. The van der Waals surface area contributed by atoms with Gasteiger partial charge in [0.15, 0.2) is 0 Å². The molecule has 1 unspecified atom stereocenters. The number of nitrogens with two attached hydrogens (primary N) is 1. The molecule has 4 rings (SSSR count). The van der Waals surface area contributed by atoms with Gasteiger partial charge in [-0.1, -0.05) is 0 Å². The fourth-order valence-corrected chi connectivity index (χ4v) is 5.07. The van der Waals surface area contributed by atoms with E-state index in [9.17, 15) is 9.90 Å². The molecule has 1 aliphatic carbocycles. The van der Waals surface area contributed by atoms with Crippen molar-refractivity contribution in [2.45, 2.75) is 51.1 Å². The lowest BCUT2D eigenvalue weighted by Gasteiger charge is -2.20. The number of likely N-dealkylation sites (tertiary alicyclic amines) is 1. The Morgan fingerprint density at radius 2 is 2.13 bits per heavy atom. The fraction of sp³-hybridized carbons (Fsp3) is 0.562. The van der Waals surface area contributed by atoms with Crippen molar-refractivity contribution in [1.82, 2.24) is 14.9 Å². The van der Waals surface area contributed by atoms with Crippen molar-refractivity contribution in [3.63, 3.8) is 0 Å². The third-order valence-electron chi connectivity index (χ3n) is 4.88. The first kappa shape index (κ1) is 14.8. The summed E-state index contributed by atoms with van der Waals surface area (Å²) in [5, 5.41) is 10.3. The van der Waals surface area contributed by atoms with Gasteiger partial charge in [0.05, 0.1) is 11.9 Å². The molecule has 0 aromatic carbocycles. The topological polar surface area (TPSA) is 92.3 Å². The summed E-state index contributed by atoms with van der Waals surface area (Å²) in [6.45, 7) is 1.24. The van der Waals surface area contributed by atoms with E-state index in [1.807, 2.05) is 4.90 Å². The van der Waals surface area contributed by atoms with Gasteiger partial charge < -0.3 is 10.8 Å². The van der Waals surface area contributed by atoms with E-state index in [2.05, 4.69) is 4.98 Å². The Bertz CT molecular complexity index is 773. The van der Waals surface area contributed by atoms with Crippen LogP contribution in [0.15, 0.2) is 0 Å². The number of carbonyl (C=O) groups is 1. The minimum absolute atomic E-state index is 0.424. The Balaban J connectivity index is 1.67. The number of aliphatic carboxylic acids is 1. The zero-order chi connectivity index (χ0) is 16.0. The van der Waals surface area contributed by atoms with E-state index in [1.165, 1.54) is 23.3 Å². The van der Waals surface area contributed by atoms with Crippen molar-refractivity contribution < 1.29 is 9.90 Å². The molecule has 1 atom stereocenters. The second-order valence-electron chi connectivity index (χ2n) is 6.38. The van der Waals surface area contributed by atoms with E-state index < -0.39 is 12.0 Å². The third-order valence-corrected chi connectivity index (χ3v) is 6.07. The maximum absolute atomic E-state index is 11.3. The number of hydrogen-bond acceptors (Lipinski definition) is 6. The highest BCUT2D eigenvalue weighted by Crippen LogP contribution is 2.37. The molecule has 1 aliphatic heterocycles. The monoisotopic (exact) mass is 332 g/mol. The highest BCUT2D eigenvalue weighted by molar-refractivity contribution is 7.19. The average molecular weight is 332 g/mol. The summed E-state index contributed by atoms with van der Waals surface area (Å²) < 4.78 is 0. The molecule has 2 aromatic heterocycles. The van der Waals surface area contributed by atoms with Crippen LogP contribution in [0, 0.1) is 0 Å². The van der Waals surface area contributed by atoms with Crippen LogP contribution in [0.3, 0.4) is 0 Å². The number of carboxylic acids is 1. The van der Waals surface area contributed by atoms with E-state index in [-0.39, 0.29) is 0 Å². The van der Waals surface area contributed by atoms with Gasteiger partial charge in [0.25, 0.3) is 0 Å². The van der Waals surface area contributed by atoms with Crippen LogP contribution < -0.4 is 5.73 Å².